The van der Waals surface area contributed by atoms with Gasteiger partial charge in [-0.1, -0.05) is 24.8 Å². The molecule has 2 heterocycles. The maximum Gasteiger partial charge on any atom is 0.121 e. The van der Waals surface area contributed by atoms with Gasteiger partial charge < -0.3 is 29.9 Å². The Balaban J connectivity index is 1.74. The van der Waals surface area contributed by atoms with E-state index in [-0.39, 0.29) is 0 Å². The fourth-order valence-corrected chi connectivity index (χ4v) is 4.40. The fraction of sp³-hybridized carbons (Fsp3) is 0.429. The van der Waals surface area contributed by atoms with E-state index in [1.54, 1.807) is 6.08 Å². The standard InChI is InChI=1S/C21H26O6S/c1-3-8-26-15-6-4-13(5-7-15)9-14-10-17(28-12(14)2)21-20(25)19(24)18(23)16(11-22)27-21/h3-7,10,16,18-25H,1,8-9,11H2,2H3. The Morgan fingerprint density at radius 1 is 1.14 bits per heavy atom. The molecule has 1 fully saturated rings. The second-order valence-electron chi connectivity index (χ2n) is 6.90. The first kappa shape index (κ1) is 21.0. The van der Waals surface area contributed by atoms with Gasteiger partial charge in [0.25, 0.3) is 0 Å². The minimum atomic E-state index is -1.37. The molecule has 1 aromatic heterocycles. The first-order valence-corrected chi connectivity index (χ1v) is 9.98. The molecular formula is C21H26O6S. The number of ether oxygens (including phenoxy) is 2. The Hall–Kier alpha value is -1.74. The van der Waals surface area contributed by atoms with Crippen molar-refractivity contribution in [3.05, 3.63) is 63.9 Å². The van der Waals surface area contributed by atoms with Crippen LogP contribution in [0.2, 0.25) is 0 Å². The molecule has 0 aliphatic carbocycles. The molecule has 0 radical (unpaired) electrons. The molecule has 1 saturated heterocycles. The zero-order valence-corrected chi connectivity index (χ0v) is 16.5. The quantitative estimate of drug-likeness (QED) is 0.523. The second-order valence-corrected chi connectivity index (χ2v) is 8.19. The monoisotopic (exact) mass is 406 g/mol. The van der Waals surface area contributed by atoms with Gasteiger partial charge in [-0.2, -0.15) is 0 Å². The molecule has 1 aromatic carbocycles. The van der Waals surface area contributed by atoms with E-state index in [1.165, 1.54) is 11.3 Å². The smallest absolute Gasteiger partial charge is 0.121 e. The van der Waals surface area contributed by atoms with E-state index in [1.807, 2.05) is 37.3 Å². The Morgan fingerprint density at radius 3 is 2.50 bits per heavy atom. The first-order valence-electron chi connectivity index (χ1n) is 9.17. The second kappa shape index (κ2) is 9.17. The molecule has 6 nitrogen and oxygen atoms in total. The minimum Gasteiger partial charge on any atom is -0.490 e. The van der Waals surface area contributed by atoms with E-state index in [2.05, 4.69) is 6.58 Å². The molecule has 7 heteroatoms. The van der Waals surface area contributed by atoms with E-state index in [0.717, 1.165) is 26.6 Å². The van der Waals surface area contributed by atoms with Crippen molar-refractivity contribution >= 4 is 11.3 Å². The molecule has 2 aromatic rings. The van der Waals surface area contributed by atoms with Crippen molar-refractivity contribution in [1.82, 2.24) is 0 Å². The van der Waals surface area contributed by atoms with Crippen LogP contribution in [0.5, 0.6) is 5.75 Å². The summed E-state index contributed by atoms with van der Waals surface area (Å²) in [6, 6.07) is 9.79. The number of aliphatic hydroxyl groups is 4. The van der Waals surface area contributed by atoms with Crippen LogP contribution in [0.1, 0.15) is 27.0 Å². The van der Waals surface area contributed by atoms with Crippen molar-refractivity contribution in [3.8, 4) is 5.75 Å². The molecule has 0 bridgehead atoms. The Bertz CT molecular complexity index is 785. The van der Waals surface area contributed by atoms with Crippen molar-refractivity contribution in [1.29, 1.82) is 0 Å². The third-order valence-electron chi connectivity index (χ3n) is 4.90. The Labute approximate surface area is 168 Å². The average molecular weight is 407 g/mol. The SMILES string of the molecule is C=CCOc1ccc(Cc2cc(C3OC(CO)C(O)C(O)C3O)sc2C)cc1. The van der Waals surface area contributed by atoms with E-state index in [0.29, 0.717) is 13.0 Å². The summed E-state index contributed by atoms with van der Waals surface area (Å²) in [7, 11) is 0. The highest BCUT2D eigenvalue weighted by atomic mass is 32.1. The number of thiophene rings is 1. The molecule has 1 aliphatic heterocycles. The molecule has 0 spiro atoms. The summed E-state index contributed by atoms with van der Waals surface area (Å²) in [4.78, 5) is 1.84. The fourth-order valence-electron chi connectivity index (χ4n) is 3.28. The molecule has 28 heavy (non-hydrogen) atoms. The molecule has 5 unspecified atom stereocenters. The maximum atomic E-state index is 10.3. The topological polar surface area (TPSA) is 99.4 Å². The van der Waals surface area contributed by atoms with Gasteiger partial charge in [0.05, 0.1) is 6.61 Å². The van der Waals surface area contributed by atoms with Crippen molar-refractivity contribution in [2.24, 2.45) is 0 Å². The van der Waals surface area contributed by atoms with Crippen LogP contribution >= 0.6 is 11.3 Å². The lowest BCUT2D eigenvalue weighted by molar-refractivity contribution is -0.230. The van der Waals surface area contributed by atoms with Gasteiger partial charge in [-0.25, -0.2) is 0 Å². The minimum absolute atomic E-state index is 0.432. The van der Waals surface area contributed by atoms with Crippen molar-refractivity contribution in [2.45, 2.75) is 43.9 Å². The van der Waals surface area contributed by atoms with Gasteiger partial charge in [0.2, 0.25) is 0 Å². The highest BCUT2D eigenvalue weighted by Gasteiger charge is 2.44. The van der Waals surface area contributed by atoms with E-state index in [9.17, 15) is 20.4 Å². The summed E-state index contributed by atoms with van der Waals surface area (Å²) in [5.74, 6) is 0.785. The summed E-state index contributed by atoms with van der Waals surface area (Å²) in [6.45, 7) is 5.66. The maximum absolute atomic E-state index is 10.3. The molecule has 4 N–H and O–H groups in total. The van der Waals surface area contributed by atoms with E-state index >= 15 is 0 Å². The lowest BCUT2D eigenvalue weighted by Gasteiger charge is -2.39. The third kappa shape index (κ3) is 4.46. The largest absolute Gasteiger partial charge is 0.490 e. The summed E-state index contributed by atoms with van der Waals surface area (Å²) in [5.41, 5.74) is 2.21. The highest BCUT2D eigenvalue weighted by molar-refractivity contribution is 7.12. The van der Waals surface area contributed by atoms with Gasteiger partial charge in [0.1, 0.15) is 42.9 Å². The highest BCUT2D eigenvalue weighted by Crippen LogP contribution is 2.37. The molecule has 1 aliphatic rings. The van der Waals surface area contributed by atoms with E-state index in [4.69, 9.17) is 9.47 Å². The van der Waals surface area contributed by atoms with Crippen LogP contribution in [0.25, 0.3) is 0 Å². The van der Waals surface area contributed by atoms with Crippen LogP contribution in [0, 0.1) is 6.92 Å². The van der Waals surface area contributed by atoms with Crippen LogP contribution in [-0.4, -0.2) is 58.1 Å². The van der Waals surface area contributed by atoms with Crippen LogP contribution in [0.4, 0.5) is 0 Å². The third-order valence-corrected chi connectivity index (χ3v) is 6.05. The van der Waals surface area contributed by atoms with Gasteiger partial charge >= 0.3 is 0 Å². The summed E-state index contributed by atoms with van der Waals surface area (Å²) in [5, 5.41) is 39.7. The Kier molecular flexibility index (Phi) is 6.87. The average Bonchev–Trinajstić information content (AvgIpc) is 3.06. The molecule has 0 amide bonds. The number of aryl methyl sites for hydroxylation is 1. The number of hydrogen-bond acceptors (Lipinski definition) is 7. The molecule has 3 rings (SSSR count). The normalized spacial score (nSPS) is 27.5. The lowest BCUT2D eigenvalue weighted by atomic mass is 9.94. The van der Waals surface area contributed by atoms with Gasteiger partial charge in [0, 0.05) is 9.75 Å². The van der Waals surface area contributed by atoms with Gasteiger partial charge in [-0.15, -0.1) is 11.3 Å². The zero-order chi connectivity index (χ0) is 20.3. The molecular weight excluding hydrogens is 380 g/mol. The van der Waals surface area contributed by atoms with Crippen LogP contribution in [0.15, 0.2) is 43.0 Å². The van der Waals surface area contributed by atoms with Crippen LogP contribution in [-0.2, 0) is 11.2 Å². The first-order chi connectivity index (χ1) is 13.4. The molecule has 152 valence electrons. The zero-order valence-electron chi connectivity index (χ0n) is 15.7. The number of hydrogen-bond donors (Lipinski definition) is 4. The lowest BCUT2D eigenvalue weighted by Crippen LogP contribution is -2.55. The van der Waals surface area contributed by atoms with Gasteiger partial charge in [-0.05, 0) is 42.7 Å². The summed E-state index contributed by atoms with van der Waals surface area (Å²) in [6.07, 6.45) is -3.27. The van der Waals surface area contributed by atoms with Crippen molar-refractivity contribution in [2.75, 3.05) is 13.2 Å². The van der Waals surface area contributed by atoms with Crippen molar-refractivity contribution in [3.63, 3.8) is 0 Å². The summed E-state index contributed by atoms with van der Waals surface area (Å²) < 4.78 is 11.2. The van der Waals surface area contributed by atoms with Gasteiger partial charge in [-0.3, -0.25) is 0 Å². The predicted molar refractivity (Wildman–Crippen MR) is 107 cm³/mol. The Morgan fingerprint density at radius 2 is 1.86 bits per heavy atom. The predicted octanol–water partition coefficient (Wildman–Crippen LogP) is 1.73. The van der Waals surface area contributed by atoms with Crippen LogP contribution < -0.4 is 4.74 Å². The number of benzene rings is 1. The van der Waals surface area contributed by atoms with Crippen LogP contribution in [0.3, 0.4) is 0 Å². The summed E-state index contributed by atoms with van der Waals surface area (Å²) >= 11 is 1.48. The van der Waals surface area contributed by atoms with Gasteiger partial charge in [0.15, 0.2) is 0 Å². The van der Waals surface area contributed by atoms with Crippen molar-refractivity contribution < 1.29 is 29.9 Å². The number of aliphatic hydroxyl groups excluding tert-OH is 4. The molecule has 0 saturated carbocycles. The van der Waals surface area contributed by atoms with E-state index < -0.39 is 37.1 Å². The molecule has 5 atom stereocenters. The number of rotatable bonds is 7.